The van der Waals surface area contributed by atoms with Gasteiger partial charge in [0.25, 0.3) is 0 Å². The predicted octanol–water partition coefficient (Wildman–Crippen LogP) is 15.4. The summed E-state index contributed by atoms with van der Waals surface area (Å²) in [5.41, 5.74) is 16.7. The van der Waals surface area contributed by atoms with Gasteiger partial charge in [-0.3, -0.25) is 0 Å². The minimum atomic E-state index is 0.858. The average Bonchev–Trinajstić information content (AvgIpc) is 3.67. The van der Waals surface area contributed by atoms with Crippen molar-refractivity contribution in [2.75, 3.05) is 4.90 Å². The zero-order valence-corrected chi connectivity index (χ0v) is 30.7. The highest BCUT2D eigenvalue weighted by Gasteiger charge is 2.21. The highest BCUT2D eigenvalue weighted by Crippen LogP contribution is 2.45. The molecule has 0 saturated carbocycles. The van der Waals surface area contributed by atoms with Crippen molar-refractivity contribution >= 4 is 39.0 Å². The van der Waals surface area contributed by atoms with Gasteiger partial charge >= 0.3 is 0 Å². The smallest absolute Gasteiger partial charge is 0.159 e. The SMILES string of the molecule is c1ccc(-c2ccc(-c3ccc(-c4ccc(N(c5ccccc5)c5cc(-c6ccc(-c7ccccc7)cc6)cc6c5oc5ccccc56)cc4)cc3)cc2)cc1. The topological polar surface area (TPSA) is 16.4 Å². The zero-order chi connectivity index (χ0) is 37.3. The highest BCUT2D eigenvalue weighted by atomic mass is 16.3. The van der Waals surface area contributed by atoms with Crippen molar-refractivity contribution in [2.45, 2.75) is 0 Å². The summed E-state index contributed by atoms with van der Waals surface area (Å²) in [6.07, 6.45) is 0. The summed E-state index contributed by atoms with van der Waals surface area (Å²) in [7, 11) is 0. The van der Waals surface area contributed by atoms with Crippen LogP contribution in [0.4, 0.5) is 17.1 Å². The molecule has 0 spiro atoms. The summed E-state index contributed by atoms with van der Waals surface area (Å²) < 4.78 is 6.70. The van der Waals surface area contributed by atoms with Crippen LogP contribution in [0.15, 0.2) is 229 Å². The predicted molar refractivity (Wildman–Crippen MR) is 236 cm³/mol. The lowest BCUT2D eigenvalue weighted by Gasteiger charge is -2.26. The van der Waals surface area contributed by atoms with Crippen molar-refractivity contribution < 1.29 is 4.42 Å². The Morgan fingerprint density at radius 3 is 1.11 bits per heavy atom. The minimum Gasteiger partial charge on any atom is -0.454 e. The van der Waals surface area contributed by atoms with Crippen LogP contribution in [0.2, 0.25) is 0 Å². The number of fused-ring (bicyclic) bond motifs is 3. The normalized spacial score (nSPS) is 11.2. The van der Waals surface area contributed by atoms with Crippen LogP contribution in [-0.4, -0.2) is 0 Å². The number of para-hydroxylation sites is 2. The molecule has 0 aliphatic rings. The summed E-state index contributed by atoms with van der Waals surface area (Å²) in [4.78, 5) is 2.32. The molecule has 1 heterocycles. The van der Waals surface area contributed by atoms with Gasteiger partial charge in [-0.2, -0.15) is 0 Å². The fraction of sp³-hybridized carbons (Fsp3) is 0. The Bertz CT molecular complexity index is 2900. The Kier molecular flexibility index (Phi) is 8.55. The van der Waals surface area contributed by atoms with E-state index >= 15 is 0 Å². The van der Waals surface area contributed by atoms with Crippen LogP contribution < -0.4 is 4.90 Å². The summed E-state index contributed by atoms with van der Waals surface area (Å²) in [5.74, 6) is 0. The number of anilines is 3. The maximum atomic E-state index is 6.70. The number of furan rings is 1. The molecule has 56 heavy (non-hydrogen) atoms. The third kappa shape index (κ3) is 6.34. The lowest BCUT2D eigenvalue weighted by molar-refractivity contribution is 0.669. The van der Waals surface area contributed by atoms with Gasteiger partial charge in [0.15, 0.2) is 5.58 Å². The van der Waals surface area contributed by atoms with Crippen LogP contribution in [0.3, 0.4) is 0 Å². The first kappa shape index (κ1) is 33.2. The molecule has 0 aliphatic carbocycles. The number of rotatable bonds is 8. The molecule has 0 radical (unpaired) electrons. The number of nitrogens with zero attached hydrogens (tertiary/aromatic N) is 1. The van der Waals surface area contributed by atoms with E-state index in [0.717, 1.165) is 55.7 Å². The third-order valence-electron chi connectivity index (χ3n) is 10.7. The summed E-state index contributed by atoms with van der Waals surface area (Å²) in [6.45, 7) is 0. The van der Waals surface area contributed by atoms with Crippen LogP contribution in [0.25, 0.3) is 77.6 Å². The monoisotopic (exact) mass is 715 g/mol. The van der Waals surface area contributed by atoms with E-state index in [1.54, 1.807) is 0 Å². The van der Waals surface area contributed by atoms with E-state index in [0.29, 0.717) is 0 Å². The molecule has 0 aliphatic heterocycles. The molecule has 0 atom stereocenters. The van der Waals surface area contributed by atoms with Crippen molar-refractivity contribution in [3.05, 3.63) is 224 Å². The standard InChI is InChI=1S/C54H37NO/c1-4-12-38(13-5-1)40-20-22-42(23-21-40)43-24-26-44(27-25-43)45-32-34-49(35-33-45)55(48-16-8-3-9-17-48)52-37-47(36-51-50-18-10-11-19-53(50)56-54(51)52)46-30-28-41(29-31-46)39-14-6-2-7-15-39/h1-37H. The first-order valence-corrected chi connectivity index (χ1v) is 19.1. The molecule has 2 heteroatoms. The van der Waals surface area contributed by atoms with E-state index in [-0.39, 0.29) is 0 Å². The van der Waals surface area contributed by atoms with Gasteiger partial charge < -0.3 is 9.32 Å². The fourth-order valence-electron chi connectivity index (χ4n) is 7.78. The molecule has 0 amide bonds. The molecule has 10 aromatic rings. The van der Waals surface area contributed by atoms with Crippen LogP contribution in [0.5, 0.6) is 0 Å². The van der Waals surface area contributed by atoms with Crippen LogP contribution in [0, 0.1) is 0 Å². The molecule has 10 rings (SSSR count). The van der Waals surface area contributed by atoms with E-state index < -0.39 is 0 Å². The maximum Gasteiger partial charge on any atom is 0.159 e. The number of benzene rings is 9. The molecular formula is C54H37NO. The Labute approximate surface area is 327 Å². The van der Waals surface area contributed by atoms with Crippen LogP contribution >= 0.6 is 0 Å². The van der Waals surface area contributed by atoms with Gasteiger partial charge in [-0.1, -0.05) is 182 Å². The van der Waals surface area contributed by atoms with E-state index in [2.05, 4.69) is 223 Å². The van der Waals surface area contributed by atoms with Gasteiger partial charge in [0, 0.05) is 22.1 Å². The number of hydrogen-bond acceptors (Lipinski definition) is 2. The van der Waals surface area contributed by atoms with Crippen molar-refractivity contribution in [3.8, 4) is 55.6 Å². The quantitative estimate of drug-likeness (QED) is 0.156. The second-order valence-corrected chi connectivity index (χ2v) is 14.2. The van der Waals surface area contributed by atoms with Gasteiger partial charge in [-0.05, 0) is 98.1 Å². The maximum absolute atomic E-state index is 6.70. The molecule has 9 aromatic carbocycles. The fourth-order valence-corrected chi connectivity index (χ4v) is 7.78. The van der Waals surface area contributed by atoms with Crippen molar-refractivity contribution in [1.29, 1.82) is 0 Å². The van der Waals surface area contributed by atoms with E-state index in [9.17, 15) is 0 Å². The van der Waals surface area contributed by atoms with E-state index in [1.807, 2.05) is 6.07 Å². The highest BCUT2D eigenvalue weighted by molar-refractivity contribution is 6.12. The Hall–Kier alpha value is -7.42. The second-order valence-electron chi connectivity index (χ2n) is 14.2. The van der Waals surface area contributed by atoms with Crippen LogP contribution in [-0.2, 0) is 0 Å². The largest absolute Gasteiger partial charge is 0.454 e. The zero-order valence-electron chi connectivity index (χ0n) is 30.7. The molecule has 0 fully saturated rings. The molecule has 0 unspecified atom stereocenters. The van der Waals surface area contributed by atoms with Gasteiger partial charge in [-0.25, -0.2) is 0 Å². The number of hydrogen-bond donors (Lipinski definition) is 0. The van der Waals surface area contributed by atoms with Gasteiger partial charge in [0.2, 0.25) is 0 Å². The lowest BCUT2D eigenvalue weighted by atomic mass is 9.97. The van der Waals surface area contributed by atoms with E-state index in [4.69, 9.17) is 4.42 Å². The molecule has 2 nitrogen and oxygen atoms in total. The van der Waals surface area contributed by atoms with Gasteiger partial charge in [0.05, 0.1) is 5.69 Å². The molecule has 0 saturated heterocycles. The molecule has 264 valence electrons. The van der Waals surface area contributed by atoms with Crippen molar-refractivity contribution in [2.24, 2.45) is 0 Å². The molecule has 1 aromatic heterocycles. The first-order chi connectivity index (χ1) is 27.7. The summed E-state index contributed by atoms with van der Waals surface area (Å²) in [5, 5.41) is 2.19. The van der Waals surface area contributed by atoms with Gasteiger partial charge in [0.1, 0.15) is 5.58 Å². The van der Waals surface area contributed by atoms with E-state index in [1.165, 1.54) is 38.9 Å². The lowest BCUT2D eigenvalue weighted by Crippen LogP contribution is -2.10. The summed E-state index contributed by atoms with van der Waals surface area (Å²) in [6, 6.07) is 79.9. The minimum absolute atomic E-state index is 0.858. The van der Waals surface area contributed by atoms with Crippen molar-refractivity contribution in [1.82, 2.24) is 0 Å². The Balaban J connectivity index is 1.02. The van der Waals surface area contributed by atoms with Crippen LogP contribution in [0.1, 0.15) is 0 Å². The Morgan fingerprint density at radius 2 is 0.625 bits per heavy atom. The second kappa shape index (κ2) is 14.4. The molecule has 0 bridgehead atoms. The third-order valence-corrected chi connectivity index (χ3v) is 10.7. The summed E-state index contributed by atoms with van der Waals surface area (Å²) >= 11 is 0. The molecular weight excluding hydrogens is 679 g/mol. The van der Waals surface area contributed by atoms with Gasteiger partial charge in [-0.15, -0.1) is 0 Å². The first-order valence-electron chi connectivity index (χ1n) is 19.1. The van der Waals surface area contributed by atoms with Crippen molar-refractivity contribution in [3.63, 3.8) is 0 Å². The average molecular weight is 716 g/mol. The molecule has 0 N–H and O–H groups in total. The Morgan fingerprint density at radius 1 is 0.268 bits per heavy atom.